The number of rotatable bonds is 4. The third-order valence-corrected chi connectivity index (χ3v) is 3.03. The smallest absolute Gasteiger partial charge is 0.192 e. The molecule has 0 bridgehead atoms. The Morgan fingerprint density at radius 3 is 2.67 bits per heavy atom. The van der Waals surface area contributed by atoms with Crippen LogP contribution in [0.3, 0.4) is 0 Å². The summed E-state index contributed by atoms with van der Waals surface area (Å²) in [5, 5.41) is 0.882. The van der Waals surface area contributed by atoms with E-state index in [-0.39, 0.29) is 11.7 Å². The molecule has 0 aliphatic rings. The molecule has 1 heterocycles. The molecule has 0 radical (unpaired) electrons. The summed E-state index contributed by atoms with van der Waals surface area (Å²) in [6.45, 7) is 3.96. The molecule has 1 unspecified atom stereocenters. The Hall–Kier alpha value is -1.74. The minimum absolute atomic E-state index is 0.0195. The average molecular weight is 243 g/mol. The Morgan fingerprint density at radius 1 is 1.22 bits per heavy atom. The minimum Gasteiger partial charge on any atom is -0.373 e. The van der Waals surface area contributed by atoms with Gasteiger partial charge in [-0.3, -0.25) is 9.78 Å². The van der Waals surface area contributed by atoms with Gasteiger partial charge < -0.3 is 4.74 Å². The molecule has 1 aromatic carbocycles. The fourth-order valence-corrected chi connectivity index (χ4v) is 2.15. The summed E-state index contributed by atoms with van der Waals surface area (Å²) in [6, 6.07) is 9.36. The van der Waals surface area contributed by atoms with Crippen molar-refractivity contribution in [3.8, 4) is 0 Å². The number of ketones is 1. The minimum atomic E-state index is -0.407. The summed E-state index contributed by atoms with van der Waals surface area (Å²) in [4.78, 5) is 16.7. The monoisotopic (exact) mass is 243 g/mol. The first-order valence-corrected chi connectivity index (χ1v) is 6.06. The number of methoxy groups -OCH3 is 1. The summed E-state index contributed by atoms with van der Waals surface area (Å²) in [7, 11) is 1.58. The van der Waals surface area contributed by atoms with Crippen LogP contribution in [-0.2, 0) is 4.74 Å². The largest absolute Gasteiger partial charge is 0.373 e. The number of pyridine rings is 1. The second kappa shape index (κ2) is 5.27. The maximum Gasteiger partial charge on any atom is 0.192 e. The van der Waals surface area contributed by atoms with E-state index in [1.165, 1.54) is 0 Å². The second-order valence-corrected chi connectivity index (χ2v) is 4.64. The molecule has 94 valence electrons. The van der Waals surface area contributed by atoms with Gasteiger partial charge in [0.25, 0.3) is 0 Å². The molecule has 0 aliphatic heterocycles. The number of fused-ring (bicyclic) bond motifs is 1. The van der Waals surface area contributed by atoms with Crippen LogP contribution in [0.1, 0.15) is 24.2 Å². The highest BCUT2D eigenvalue weighted by atomic mass is 16.5. The molecule has 0 amide bonds. The molecule has 0 fully saturated rings. The van der Waals surface area contributed by atoms with Gasteiger partial charge in [0.15, 0.2) is 5.78 Å². The van der Waals surface area contributed by atoms with Gasteiger partial charge in [0.05, 0.1) is 5.52 Å². The lowest BCUT2D eigenvalue weighted by Crippen LogP contribution is -2.28. The number of nitrogens with zero attached hydrogens (tertiary/aromatic N) is 1. The van der Waals surface area contributed by atoms with E-state index >= 15 is 0 Å². The van der Waals surface area contributed by atoms with Crippen LogP contribution < -0.4 is 0 Å². The van der Waals surface area contributed by atoms with Crippen LogP contribution in [0.25, 0.3) is 10.9 Å². The molecule has 0 spiro atoms. The summed E-state index contributed by atoms with van der Waals surface area (Å²) in [5.74, 6) is 0.167. The number of carbonyl (C=O) groups is 1. The molecule has 1 aromatic heterocycles. The lowest BCUT2D eigenvalue weighted by molar-refractivity contribution is 0.0460. The fourth-order valence-electron chi connectivity index (χ4n) is 2.15. The normalized spacial score (nSPS) is 12.9. The standard InChI is InChI=1S/C15H17NO2/c1-10(2)15(18-3)14(17)12-6-4-8-13-11(12)7-5-9-16-13/h4-10,15H,1-3H3. The molecular weight excluding hydrogens is 226 g/mol. The van der Waals surface area contributed by atoms with Crippen LogP contribution in [0.5, 0.6) is 0 Å². The van der Waals surface area contributed by atoms with Crippen molar-refractivity contribution in [2.75, 3.05) is 7.11 Å². The van der Waals surface area contributed by atoms with E-state index in [1.807, 2.05) is 44.2 Å². The number of benzene rings is 1. The van der Waals surface area contributed by atoms with Crippen LogP contribution in [-0.4, -0.2) is 24.0 Å². The first-order chi connectivity index (χ1) is 8.65. The van der Waals surface area contributed by atoms with Gasteiger partial charge in [-0.15, -0.1) is 0 Å². The van der Waals surface area contributed by atoms with E-state index in [1.54, 1.807) is 13.3 Å². The molecule has 18 heavy (non-hydrogen) atoms. The SMILES string of the molecule is COC(C(=O)c1cccc2ncccc12)C(C)C. The van der Waals surface area contributed by atoms with Crippen molar-refractivity contribution in [3.63, 3.8) is 0 Å². The third kappa shape index (κ3) is 2.27. The Balaban J connectivity index is 2.51. The number of hydrogen-bond acceptors (Lipinski definition) is 3. The van der Waals surface area contributed by atoms with Gasteiger partial charge in [-0.2, -0.15) is 0 Å². The highest BCUT2D eigenvalue weighted by Gasteiger charge is 2.24. The number of aromatic nitrogens is 1. The van der Waals surface area contributed by atoms with Gasteiger partial charge >= 0.3 is 0 Å². The highest BCUT2D eigenvalue weighted by molar-refractivity contribution is 6.09. The first kappa shape index (κ1) is 12.7. The van der Waals surface area contributed by atoms with Crippen LogP contribution in [0.2, 0.25) is 0 Å². The zero-order chi connectivity index (χ0) is 13.1. The summed E-state index contributed by atoms with van der Waals surface area (Å²) in [5.41, 5.74) is 1.52. The van der Waals surface area contributed by atoms with Crippen molar-refractivity contribution in [1.29, 1.82) is 0 Å². The molecule has 2 rings (SSSR count). The molecule has 3 nitrogen and oxygen atoms in total. The van der Waals surface area contributed by atoms with Gasteiger partial charge in [-0.05, 0) is 18.1 Å². The number of Topliss-reactive ketones (excluding diaryl/α,β-unsaturated/α-hetero) is 1. The van der Waals surface area contributed by atoms with Crippen molar-refractivity contribution in [2.24, 2.45) is 5.92 Å². The van der Waals surface area contributed by atoms with Crippen molar-refractivity contribution in [1.82, 2.24) is 4.98 Å². The molecule has 0 saturated carbocycles. The van der Waals surface area contributed by atoms with E-state index in [4.69, 9.17) is 4.74 Å². The van der Waals surface area contributed by atoms with Gasteiger partial charge in [0.2, 0.25) is 0 Å². The van der Waals surface area contributed by atoms with Crippen LogP contribution in [0, 0.1) is 5.92 Å². The lowest BCUT2D eigenvalue weighted by atomic mass is 9.95. The Bertz CT molecular complexity index is 558. The predicted molar refractivity (Wildman–Crippen MR) is 71.7 cm³/mol. The fraction of sp³-hybridized carbons (Fsp3) is 0.333. The zero-order valence-electron chi connectivity index (χ0n) is 10.9. The maximum absolute atomic E-state index is 12.5. The molecule has 2 aromatic rings. The second-order valence-electron chi connectivity index (χ2n) is 4.64. The molecular formula is C15H17NO2. The van der Waals surface area contributed by atoms with Crippen molar-refractivity contribution >= 4 is 16.7 Å². The van der Waals surface area contributed by atoms with Crippen molar-refractivity contribution in [2.45, 2.75) is 20.0 Å². The van der Waals surface area contributed by atoms with Gasteiger partial charge in [0.1, 0.15) is 6.10 Å². The van der Waals surface area contributed by atoms with E-state index < -0.39 is 6.10 Å². The summed E-state index contributed by atoms with van der Waals surface area (Å²) < 4.78 is 5.31. The Morgan fingerprint density at radius 2 is 2.00 bits per heavy atom. The Labute approximate surface area is 107 Å². The lowest BCUT2D eigenvalue weighted by Gasteiger charge is -2.18. The van der Waals surface area contributed by atoms with Crippen LogP contribution in [0.15, 0.2) is 36.5 Å². The third-order valence-electron chi connectivity index (χ3n) is 3.03. The average Bonchev–Trinajstić information content (AvgIpc) is 2.38. The highest BCUT2D eigenvalue weighted by Crippen LogP contribution is 2.21. The number of hydrogen-bond donors (Lipinski definition) is 0. The summed E-state index contributed by atoms with van der Waals surface area (Å²) >= 11 is 0. The van der Waals surface area contributed by atoms with Gasteiger partial charge in [-0.1, -0.05) is 32.0 Å². The van der Waals surface area contributed by atoms with Crippen molar-refractivity contribution in [3.05, 3.63) is 42.1 Å². The van der Waals surface area contributed by atoms with Gasteiger partial charge in [-0.25, -0.2) is 0 Å². The van der Waals surface area contributed by atoms with Crippen molar-refractivity contribution < 1.29 is 9.53 Å². The van der Waals surface area contributed by atoms with E-state index in [2.05, 4.69) is 4.98 Å². The Kier molecular flexibility index (Phi) is 3.72. The van der Waals surface area contributed by atoms with Crippen LogP contribution in [0.4, 0.5) is 0 Å². The van der Waals surface area contributed by atoms with E-state index in [0.29, 0.717) is 5.56 Å². The maximum atomic E-state index is 12.5. The molecule has 3 heteroatoms. The topological polar surface area (TPSA) is 39.2 Å². The zero-order valence-corrected chi connectivity index (χ0v) is 10.9. The molecule has 0 saturated heterocycles. The molecule has 1 atom stereocenters. The summed E-state index contributed by atoms with van der Waals surface area (Å²) in [6.07, 6.45) is 1.32. The predicted octanol–water partition coefficient (Wildman–Crippen LogP) is 3.09. The quantitative estimate of drug-likeness (QED) is 0.775. The van der Waals surface area contributed by atoms with E-state index in [0.717, 1.165) is 10.9 Å². The van der Waals surface area contributed by atoms with Gasteiger partial charge in [0, 0.05) is 24.3 Å². The molecule has 0 aliphatic carbocycles. The number of carbonyl (C=O) groups excluding carboxylic acids is 1. The van der Waals surface area contributed by atoms with E-state index in [9.17, 15) is 4.79 Å². The van der Waals surface area contributed by atoms with Crippen LogP contribution >= 0.6 is 0 Å². The molecule has 0 N–H and O–H groups in total. The number of ether oxygens (including phenoxy) is 1. The first-order valence-electron chi connectivity index (χ1n) is 6.06.